The Labute approximate surface area is 110 Å². The van der Waals surface area contributed by atoms with Gasteiger partial charge in [0.2, 0.25) is 0 Å². The average molecular weight is 273 g/mol. The first-order chi connectivity index (χ1) is 9.02. The van der Waals surface area contributed by atoms with Crippen molar-refractivity contribution in [2.24, 2.45) is 0 Å². The topological polar surface area (TPSA) is 28.2 Å². The number of pyridine rings is 1. The third-order valence-corrected chi connectivity index (χ3v) is 3.31. The monoisotopic (exact) mass is 273 g/mol. The van der Waals surface area contributed by atoms with Crippen LogP contribution in [0.1, 0.15) is 25.3 Å². The van der Waals surface area contributed by atoms with E-state index in [9.17, 15) is 13.2 Å². The number of alkyl halides is 3. The van der Waals surface area contributed by atoms with Crippen LogP contribution in [0, 0.1) is 0 Å². The van der Waals surface area contributed by atoms with Crippen molar-refractivity contribution in [1.82, 2.24) is 10.3 Å². The molecule has 1 aromatic rings. The van der Waals surface area contributed by atoms with Crippen LogP contribution >= 0.6 is 0 Å². The second-order valence-electron chi connectivity index (χ2n) is 4.72. The molecule has 1 unspecified atom stereocenters. The maximum Gasteiger partial charge on any atom is 0.419 e. The van der Waals surface area contributed by atoms with E-state index in [1.165, 1.54) is 12.3 Å². The van der Waals surface area contributed by atoms with E-state index in [0.717, 1.165) is 25.5 Å². The maximum absolute atomic E-state index is 13.0. The van der Waals surface area contributed by atoms with Crippen molar-refractivity contribution in [2.75, 3.05) is 24.5 Å². The second-order valence-corrected chi connectivity index (χ2v) is 4.72. The molecular formula is C13H18F3N3. The van der Waals surface area contributed by atoms with Gasteiger partial charge in [-0.05, 0) is 31.5 Å². The smallest absolute Gasteiger partial charge is 0.355 e. The summed E-state index contributed by atoms with van der Waals surface area (Å²) in [4.78, 5) is 5.68. The quantitative estimate of drug-likeness (QED) is 0.917. The summed E-state index contributed by atoms with van der Waals surface area (Å²) in [6.45, 7) is 4.03. The number of anilines is 1. The lowest BCUT2D eigenvalue weighted by molar-refractivity contribution is -0.137. The van der Waals surface area contributed by atoms with Gasteiger partial charge in [0.15, 0.2) is 0 Å². The molecule has 1 aliphatic rings. The fourth-order valence-corrected chi connectivity index (χ4v) is 2.50. The summed E-state index contributed by atoms with van der Waals surface area (Å²) < 4.78 is 38.9. The molecule has 0 saturated carbocycles. The first-order valence-electron chi connectivity index (χ1n) is 6.53. The highest BCUT2D eigenvalue weighted by molar-refractivity contribution is 5.48. The molecule has 0 radical (unpaired) electrons. The van der Waals surface area contributed by atoms with Gasteiger partial charge in [-0.3, -0.25) is 0 Å². The number of hydrogen-bond donors (Lipinski definition) is 1. The van der Waals surface area contributed by atoms with E-state index in [0.29, 0.717) is 13.1 Å². The van der Waals surface area contributed by atoms with Gasteiger partial charge < -0.3 is 10.2 Å². The predicted molar refractivity (Wildman–Crippen MR) is 68.2 cm³/mol. The molecule has 1 N–H and O–H groups in total. The fourth-order valence-electron chi connectivity index (χ4n) is 2.50. The average Bonchev–Trinajstić information content (AvgIpc) is 2.38. The molecule has 2 heterocycles. The van der Waals surface area contributed by atoms with Gasteiger partial charge in [-0.2, -0.15) is 13.2 Å². The standard InChI is InChI=1S/C13H18F3N3/c1-2-17-10-5-4-8-19(9-10)12-11(13(14,15)16)6-3-7-18-12/h3,6-7,10,17H,2,4-5,8-9H2,1H3. The maximum atomic E-state index is 13.0. The molecule has 2 rings (SSSR count). The highest BCUT2D eigenvalue weighted by atomic mass is 19.4. The Bertz CT molecular complexity index is 418. The Hall–Kier alpha value is -1.30. The molecule has 0 bridgehead atoms. The van der Waals surface area contributed by atoms with Gasteiger partial charge in [-0.15, -0.1) is 0 Å². The molecule has 19 heavy (non-hydrogen) atoms. The summed E-state index contributed by atoms with van der Waals surface area (Å²) >= 11 is 0. The van der Waals surface area contributed by atoms with Crippen molar-refractivity contribution in [3.63, 3.8) is 0 Å². The number of aromatic nitrogens is 1. The molecule has 0 spiro atoms. The second kappa shape index (κ2) is 5.77. The number of likely N-dealkylation sites (N-methyl/N-ethyl adjacent to an activating group) is 1. The summed E-state index contributed by atoms with van der Waals surface area (Å²) in [5.41, 5.74) is -0.646. The predicted octanol–water partition coefficient (Wildman–Crippen LogP) is 2.68. The molecular weight excluding hydrogens is 255 g/mol. The molecule has 0 aliphatic carbocycles. The van der Waals surface area contributed by atoms with Crippen molar-refractivity contribution in [2.45, 2.75) is 32.0 Å². The number of rotatable bonds is 3. The third kappa shape index (κ3) is 3.37. The molecule has 1 aliphatic heterocycles. The zero-order chi connectivity index (χ0) is 13.9. The van der Waals surface area contributed by atoms with Gasteiger partial charge in [0, 0.05) is 25.3 Å². The third-order valence-electron chi connectivity index (χ3n) is 3.31. The zero-order valence-electron chi connectivity index (χ0n) is 10.9. The Morgan fingerprint density at radius 2 is 2.26 bits per heavy atom. The fraction of sp³-hybridized carbons (Fsp3) is 0.615. The Morgan fingerprint density at radius 1 is 1.47 bits per heavy atom. The Morgan fingerprint density at radius 3 is 2.95 bits per heavy atom. The molecule has 1 atom stereocenters. The minimum Gasteiger partial charge on any atom is -0.355 e. The number of halogens is 3. The van der Waals surface area contributed by atoms with Crippen molar-refractivity contribution >= 4 is 5.82 Å². The lowest BCUT2D eigenvalue weighted by atomic mass is 10.0. The number of hydrogen-bond acceptors (Lipinski definition) is 3. The van der Waals surface area contributed by atoms with Crippen molar-refractivity contribution in [3.05, 3.63) is 23.9 Å². The van der Waals surface area contributed by atoms with Gasteiger partial charge in [-0.1, -0.05) is 6.92 Å². The van der Waals surface area contributed by atoms with Crippen LogP contribution in [0.3, 0.4) is 0 Å². The van der Waals surface area contributed by atoms with E-state index in [2.05, 4.69) is 10.3 Å². The van der Waals surface area contributed by atoms with E-state index in [1.807, 2.05) is 6.92 Å². The van der Waals surface area contributed by atoms with E-state index in [-0.39, 0.29) is 11.9 Å². The van der Waals surface area contributed by atoms with Gasteiger partial charge in [-0.25, -0.2) is 4.98 Å². The van der Waals surface area contributed by atoms with Crippen molar-refractivity contribution in [1.29, 1.82) is 0 Å². The summed E-state index contributed by atoms with van der Waals surface area (Å²) in [7, 11) is 0. The first-order valence-corrected chi connectivity index (χ1v) is 6.53. The van der Waals surface area contributed by atoms with Crippen LogP contribution < -0.4 is 10.2 Å². The minimum absolute atomic E-state index is 0.0533. The van der Waals surface area contributed by atoms with Crippen LogP contribution in [0.5, 0.6) is 0 Å². The Balaban J connectivity index is 2.21. The van der Waals surface area contributed by atoms with E-state index in [4.69, 9.17) is 0 Å². The molecule has 0 amide bonds. The summed E-state index contributed by atoms with van der Waals surface area (Å²) in [6.07, 6.45) is -1.06. The highest BCUT2D eigenvalue weighted by Gasteiger charge is 2.36. The molecule has 6 heteroatoms. The van der Waals surface area contributed by atoms with Crippen LogP contribution in [-0.4, -0.2) is 30.7 Å². The Kier molecular flexibility index (Phi) is 4.29. The number of piperidine rings is 1. The van der Waals surface area contributed by atoms with Crippen molar-refractivity contribution in [3.8, 4) is 0 Å². The zero-order valence-corrected chi connectivity index (χ0v) is 10.9. The number of nitrogens with zero attached hydrogens (tertiary/aromatic N) is 2. The highest BCUT2D eigenvalue weighted by Crippen LogP contribution is 2.35. The lowest BCUT2D eigenvalue weighted by Crippen LogP contribution is -2.46. The van der Waals surface area contributed by atoms with E-state index >= 15 is 0 Å². The molecule has 0 aromatic carbocycles. The minimum atomic E-state index is -4.35. The molecule has 1 saturated heterocycles. The van der Waals surface area contributed by atoms with Crippen LogP contribution in [0.4, 0.5) is 19.0 Å². The molecule has 1 aromatic heterocycles. The van der Waals surface area contributed by atoms with Crippen LogP contribution in [0.25, 0.3) is 0 Å². The van der Waals surface area contributed by atoms with Gasteiger partial charge in [0.05, 0.1) is 5.56 Å². The van der Waals surface area contributed by atoms with Crippen LogP contribution in [0.15, 0.2) is 18.3 Å². The van der Waals surface area contributed by atoms with Crippen molar-refractivity contribution < 1.29 is 13.2 Å². The van der Waals surface area contributed by atoms with E-state index in [1.54, 1.807) is 4.90 Å². The molecule has 1 fully saturated rings. The largest absolute Gasteiger partial charge is 0.419 e. The van der Waals surface area contributed by atoms with Gasteiger partial charge in [0.25, 0.3) is 0 Å². The van der Waals surface area contributed by atoms with Gasteiger partial charge >= 0.3 is 6.18 Å². The molecule has 3 nitrogen and oxygen atoms in total. The van der Waals surface area contributed by atoms with Crippen LogP contribution in [0.2, 0.25) is 0 Å². The first kappa shape index (κ1) is 14.1. The SMILES string of the molecule is CCNC1CCCN(c2ncccc2C(F)(F)F)C1. The van der Waals surface area contributed by atoms with Gasteiger partial charge in [0.1, 0.15) is 5.82 Å². The summed E-state index contributed by atoms with van der Waals surface area (Å²) in [5.74, 6) is 0.0533. The summed E-state index contributed by atoms with van der Waals surface area (Å²) in [6, 6.07) is 2.67. The normalized spacial score (nSPS) is 20.6. The number of nitrogens with one attached hydrogen (secondary N) is 1. The lowest BCUT2D eigenvalue weighted by Gasteiger charge is -2.35. The summed E-state index contributed by atoms with van der Waals surface area (Å²) in [5, 5.41) is 3.29. The molecule has 106 valence electrons. The van der Waals surface area contributed by atoms with E-state index < -0.39 is 11.7 Å². The van der Waals surface area contributed by atoms with Crippen LogP contribution in [-0.2, 0) is 6.18 Å².